The molecule has 4 heteroatoms. The number of allylic oxidation sites excluding steroid dienone is 1. The Bertz CT molecular complexity index is 530. The van der Waals surface area contributed by atoms with Gasteiger partial charge in [0, 0.05) is 11.5 Å². The first-order valence-electron chi connectivity index (χ1n) is 10.4. The first kappa shape index (κ1) is 23.4. The molecule has 0 radical (unpaired) electrons. The Labute approximate surface area is 163 Å². The van der Waals surface area contributed by atoms with Gasteiger partial charge in [0.1, 0.15) is 11.9 Å². The van der Waals surface area contributed by atoms with Crippen LogP contribution in [-0.2, 0) is 14.0 Å². The fourth-order valence-electron chi connectivity index (χ4n) is 3.50. The van der Waals surface area contributed by atoms with Gasteiger partial charge in [0.25, 0.3) is 0 Å². The van der Waals surface area contributed by atoms with E-state index in [-0.39, 0.29) is 34.9 Å². The standard InChI is InChI=1S/C22H42O3Si/c1-12-14(3)20-16(5)19(23)17(6)21(24-20)15(4)18(13-2)25-26(10,11)22(7,8)9/h14-16,18,20H,12-13H2,1-11H3/t14-,15+,16-,18+,20+/m0/s1. The van der Waals surface area contributed by atoms with Crippen molar-refractivity contribution in [1.29, 1.82) is 0 Å². The topological polar surface area (TPSA) is 35.5 Å². The van der Waals surface area contributed by atoms with Crippen LogP contribution in [0.15, 0.2) is 11.3 Å². The van der Waals surface area contributed by atoms with Crippen molar-refractivity contribution in [2.75, 3.05) is 0 Å². The Hall–Kier alpha value is -0.613. The van der Waals surface area contributed by atoms with Crippen LogP contribution in [0.5, 0.6) is 0 Å². The number of hydrogen-bond donors (Lipinski definition) is 0. The summed E-state index contributed by atoms with van der Waals surface area (Å²) in [5.74, 6) is 1.50. The van der Waals surface area contributed by atoms with Gasteiger partial charge in [-0.3, -0.25) is 4.79 Å². The molecule has 3 nitrogen and oxygen atoms in total. The highest BCUT2D eigenvalue weighted by Gasteiger charge is 2.43. The Kier molecular flexibility index (Phi) is 7.75. The molecule has 26 heavy (non-hydrogen) atoms. The zero-order valence-corrected chi connectivity index (χ0v) is 20.0. The second-order valence-electron chi connectivity index (χ2n) is 9.72. The molecule has 1 aliphatic heterocycles. The third-order valence-corrected chi connectivity index (χ3v) is 11.2. The first-order chi connectivity index (χ1) is 11.8. The Morgan fingerprint density at radius 1 is 1.15 bits per heavy atom. The van der Waals surface area contributed by atoms with Crippen molar-refractivity contribution in [2.45, 2.75) is 105 Å². The van der Waals surface area contributed by atoms with E-state index in [4.69, 9.17) is 9.16 Å². The Morgan fingerprint density at radius 3 is 2.12 bits per heavy atom. The van der Waals surface area contributed by atoms with E-state index in [1.54, 1.807) is 0 Å². The van der Waals surface area contributed by atoms with Crippen LogP contribution in [-0.4, -0.2) is 26.3 Å². The van der Waals surface area contributed by atoms with Crippen LogP contribution in [0.2, 0.25) is 18.1 Å². The molecule has 152 valence electrons. The lowest BCUT2D eigenvalue weighted by Gasteiger charge is -2.43. The smallest absolute Gasteiger partial charge is 0.192 e. The van der Waals surface area contributed by atoms with E-state index in [0.717, 1.165) is 24.2 Å². The minimum atomic E-state index is -1.88. The maximum Gasteiger partial charge on any atom is 0.192 e. The van der Waals surface area contributed by atoms with E-state index in [2.05, 4.69) is 61.6 Å². The SMILES string of the molecule is CC[C@H](C)[C@H]1OC([C@H](C)[C@@H](CC)O[Si](C)(C)C(C)(C)C)=C(C)C(=O)[C@@H]1C. The molecular weight excluding hydrogens is 340 g/mol. The predicted molar refractivity (Wildman–Crippen MR) is 113 cm³/mol. The molecule has 0 N–H and O–H groups in total. The van der Waals surface area contributed by atoms with E-state index in [0.29, 0.717) is 5.92 Å². The third-order valence-electron chi connectivity index (χ3n) is 6.74. The summed E-state index contributed by atoms with van der Waals surface area (Å²) in [4.78, 5) is 12.9. The number of carbonyl (C=O) groups is 1. The minimum absolute atomic E-state index is 0.0287. The molecule has 1 heterocycles. The summed E-state index contributed by atoms with van der Waals surface area (Å²) in [5, 5.41) is 0.167. The van der Waals surface area contributed by atoms with Crippen LogP contribution in [0.25, 0.3) is 0 Å². The van der Waals surface area contributed by atoms with Gasteiger partial charge in [-0.25, -0.2) is 0 Å². The molecule has 0 aromatic rings. The zero-order valence-electron chi connectivity index (χ0n) is 19.0. The van der Waals surface area contributed by atoms with E-state index in [1.807, 2.05) is 13.8 Å². The lowest BCUT2D eigenvalue weighted by atomic mass is 9.82. The van der Waals surface area contributed by atoms with Crippen LogP contribution >= 0.6 is 0 Å². The van der Waals surface area contributed by atoms with E-state index < -0.39 is 8.32 Å². The molecule has 0 unspecified atom stereocenters. The summed E-state index contributed by atoms with van der Waals surface area (Å²) in [6, 6.07) is 0. The molecule has 0 amide bonds. The largest absolute Gasteiger partial charge is 0.493 e. The predicted octanol–water partition coefficient (Wildman–Crippen LogP) is 6.35. The van der Waals surface area contributed by atoms with Gasteiger partial charge >= 0.3 is 0 Å². The van der Waals surface area contributed by atoms with Crippen molar-refractivity contribution in [1.82, 2.24) is 0 Å². The number of ether oxygens (including phenoxy) is 1. The number of carbonyl (C=O) groups excluding carboxylic acids is 1. The van der Waals surface area contributed by atoms with E-state index >= 15 is 0 Å². The van der Waals surface area contributed by atoms with Crippen molar-refractivity contribution < 1.29 is 14.0 Å². The molecule has 1 rings (SSSR count). The van der Waals surface area contributed by atoms with Gasteiger partial charge in [0.15, 0.2) is 14.1 Å². The molecule has 1 aliphatic rings. The molecule has 0 saturated heterocycles. The molecule has 0 aromatic carbocycles. The Morgan fingerprint density at radius 2 is 1.69 bits per heavy atom. The van der Waals surface area contributed by atoms with Crippen molar-refractivity contribution in [3.8, 4) is 0 Å². The number of Topliss-reactive ketones (excluding diaryl/α,β-unsaturated/α-hetero) is 1. The van der Waals surface area contributed by atoms with Crippen molar-refractivity contribution in [3.63, 3.8) is 0 Å². The highest BCUT2D eigenvalue weighted by molar-refractivity contribution is 6.74. The maximum absolute atomic E-state index is 12.9. The van der Waals surface area contributed by atoms with Gasteiger partial charge in [-0.1, -0.05) is 61.8 Å². The third kappa shape index (κ3) is 4.81. The molecule has 0 saturated carbocycles. The number of rotatable bonds is 7. The number of ketones is 1. The highest BCUT2D eigenvalue weighted by atomic mass is 28.4. The normalized spacial score (nSPS) is 25.7. The van der Waals surface area contributed by atoms with E-state index in [1.165, 1.54) is 0 Å². The van der Waals surface area contributed by atoms with Crippen LogP contribution in [0.1, 0.15) is 75.2 Å². The van der Waals surface area contributed by atoms with Gasteiger partial charge in [0.05, 0.1) is 12.0 Å². The number of hydrogen-bond acceptors (Lipinski definition) is 3. The van der Waals surface area contributed by atoms with Crippen LogP contribution in [0, 0.1) is 17.8 Å². The van der Waals surface area contributed by atoms with Gasteiger partial charge < -0.3 is 9.16 Å². The van der Waals surface area contributed by atoms with Crippen molar-refractivity contribution in [3.05, 3.63) is 11.3 Å². The summed E-state index contributed by atoms with van der Waals surface area (Å²) in [6.07, 6.45) is 1.99. The monoisotopic (exact) mass is 382 g/mol. The minimum Gasteiger partial charge on any atom is -0.493 e. The van der Waals surface area contributed by atoms with Gasteiger partial charge in [-0.2, -0.15) is 0 Å². The first-order valence-corrected chi connectivity index (χ1v) is 13.3. The highest BCUT2D eigenvalue weighted by Crippen LogP contribution is 2.41. The van der Waals surface area contributed by atoms with Crippen LogP contribution < -0.4 is 0 Å². The molecule has 0 aliphatic carbocycles. The van der Waals surface area contributed by atoms with Gasteiger partial charge in [0.2, 0.25) is 0 Å². The quantitative estimate of drug-likeness (QED) is 0.481. The summed E-state index contributed by atoms with van der Waals surface area (Å²) in [7, 11) is -1.88. The summed E-state index contributed by atoms with van der Waals surface area (Å²) >= 11 is 0. The maximum atomic E-state index is 12.9. The van der Waals surface area contributed by atoms with Crippen LogP contribution in [0.4, 0.5) is 0 Å². The average Bonchev–Trinajstić information content (AvgIpc) is 2.55. The lowest BCUT2D eigenvalue weighted by Crippen LogP contribution is -2.47. The molecule has 5 atom stereocenters. The summed E-state index contributed by atoms with van der Waals surface area (Å²) < 4.78 is 13.2. The van der Waals surface area contributed by atoms with Gasteiger partial charge in [-0.05, 0) is 37.4 Å². The molecule has 0 aromatic heterocycles. The van der Waals surface area contributed by atoms with Crippen molar-refractivity contribution >= 4 is 14.1 Å². The fourth-order valence-corrected chi connectivity index (χ4v) is 4.98. The molecule has 0 bridgehead atoms. The summed E-state index contributed by atoms with van der Waals surface area (Å²) in [5.41, 5.74) is 0.793. The van der Waals surface area contributed by atoms with Crippen LogP contribution in [0.3, 0.4) is 0 Å². The van der Waals surface area contributed by atoms with Gasteiger partial charge in [-0.15, -0.1) is 0 Å². The fraction of sp³-hybridized carbons (Fsp3) is 0.864. The second kappa shape index (κ2) is 8.60. The zero-order chi connectivity index (χ0) is 20.4. The van der Waals surface area contributed by atoms with E-state index in [9.17, 15) is 4.79 Å². The Balaban J connectivity index is 3.15. The average molecular weight is 383 g/mol. The lowest BCUT2D eigenvalue weighted by molar-refractivity contribution is -0.128. The molecular formula is C22H42O3Si. The molecule has 0 spiro atoms. The van der Waals surface area contributed by atoms with Crippen molar-refractivity contribution in [2.24, 2.45) is 17.8 Å². The summed E-state index contributed by atoms with van der Waals surface area (Å²) in [6.45, 7) is 24.0. The second-order valence-corrected chi connectivity index (χ2v) is 14.5. The molecule has 0 fully saturated rings.